The normalized spacial score (nSPS) is 18.3. The third-order valence-corrected chi connectivity index (χ3v) is 4.96. The first-order chi connectivity index (χ1) is 12.2. The number of nitrogens with one attached hydrogen (secondary N) is 2. The minimum atomic E-state index is 0.256. The number of guanidine groups is 1. The topological polar surface area (TPSA) is 69.1 Å². The number of hydrogen-bond acceptors (Lipinski definition) is 4. The Morgan fingerprint density at radius 1 is 1.24 bits per heavy atom. The number of aliphatic hydroxyl groups is 1. The number of nitrogens with zero attached hydrogens (tertiary/aromatic N) is 2. The molecule has 25 heavy (non-hydrogen) atoms. The molecular formula is C19H40N4O2. The number of hydrogen-bond donors (Lipinski definition) is 3. The van der Waals surface area contributed by atoms with Gasteiger partial charge in [-0.1, -0.05) is 13.3 Å². The SMILES string of the molecule is CCCC(CCO)CN=C(NCC)NCC1CCN(CCOC)CC1. The van der Waals surface area contributed by atoms with Crippen LogP contribution in [0.1, 0.15) is 46.0 Å². The van der Waals surface area contributed by atoms with Crippen LogP contribution in [0.4, 0.5) is 0 Å². The first-order valence-corrected chi connectivity index (χ1v) is 10.1. The van der Waals surface area contributed by atoms with Gasteiger partial charge in [-0.25, -0.2) is 0 Å². The highest BCUT2D eigenvalue weighted by molar-refractivity contribution is 5.79. The molecule has 148 valence electrons. The lowest BCUT2D eigenvalue weighted by Gasteiger charge is -2.32. The summed E-state index contributed by atoms with van der Waals surface area (Å²) in [4.78, 5) is 7.24. The Morgan fingerprint density at radius 3 is 2.60 bits per heavy atom. The van der Waals surface area contributed by atoms with Crippen LogP contribution in [-0.2, 0) is 4.74 Å². The second kappa shape index (κ2) is 14.3. The van der Waals surface area contributed by atoms with Gasteiger partial charge in [0.05, 0.1) is 6.61 Å². The van der Waals surface area contributed by atoms with Crippen molar-refractivity contribution in [1.82, 2.24) is 15.5 Å². The smallest absolute Gasteiger partial charge is 0.191 e. The summed E-state index contributed by atoms with van der Waals surface area (Å²) in [5.41, 5.74) is 0. The quantitative estimate of drug-likeness (QED) is 0.367. The molecular weight excluding hydrogens is 316 g/mol. The lowest BCUT2D eigenvalue weighted by molar-refractivity contribution is 0.121. The van der Waals surface area contributed by atoms with Crippen molar-refractivity contribution in [3.05, 3.63) is 0 Å². The molecule has 0 saturated carbocycles. The molecule has 3 N–H and O–H groups in total. The van der Waals surface area contributed by atoms with Gasteiger partial charge in [0.1, 0.15) is 0 Å². The van der Waals surface area contributed by atoms with Crippen molar-refractivity contribution in [3.63, 3.8) is 0 Å². The minimum absolute atomic E-state index is 0.256. The summed E-state index contributed by atoms with van der Waals surface area (Å²) in [6.07, 6.45) is 5.59. The number of methoxy groups -OCH3 is 1. The van der Waals surface area contributed by atoms with Crippen molar-refractivity contribution in [3.8, 4) is 0 Å². The van der Waals surface area contributed by atoms with Gasteiger partial charge in [0.2, 0.25) is 0 Å². The maximum absolute atomic E-state index is 9.19. The summed E-state index contributed by atoms with van der Waals surface area (Å²) < 4.78 is 5.16. The zero-order valence-electron chi connectivity index (χ0n) is 16.6. The zero-order valence-corrected chi connectivity index (χ0v) is 16.6. The number of ether oxygens (including phenoxy) is 1. The van der Waals surface area contributed by atoms with Crippen LogP contribution >= 0.6 is 0 Å². The van der Waals surface area contributed by atoms with Gasteiger partial charge >= 0.3 is 0 Å². The minimum Gasteiger partial charge on any atom is -0.396 e. The van der Waals surface area contributed by atoms with Crippen LogP contribution in [0.25, 0.3) is 0 Å². The van der Waals surface area contributed by atoms with Gasteiger partial charge in [0, 0.05) is 39.9 Å². The largest absolute Gasteiger partial charge is 0.396 e. The van der Waals surface area contributed by atoms with Gasteiger partial charge in [0.25, 0.3) is 0 Å². The first-order valence-electron chi connectivity index (χ1n) is 10.1. The highest BCUT2D eigenvalue weighted by Crippen LogP contribution is 2.16. The van der Waals surface area contributed by atoms with Crippen LogP contribution < -0.4 is 10.6 Å². The van der Waals surface area contributed by atoms with Crippen molar-refractivity contribution in [2.75, 3.05) is 59.6 Å². The average Bonchev–Trinajstić information content (AvgIpc) is 2.63. The molecule has 1 aliphatic rings. The van der Waals surface area contributed by atoms with E-state index in [9.17, 15) is 5.11 Å². The maximum Gasteiger partial charge on any atom is 0.191 e. The molecule has 1 unspecified atom stereocenters. The van der Waals surface area contributed by atoms with E-state index in [0.717, 1.165) is 58.0 Å². The molecule has 1 aliphatic heterocycles. The molecule has 0 aromatic carbocycles. The number of rotatable bonds is 12. The zero-order chi connectivity index (χ0) is 18.3. The van der Waals surface area contributed by atoms with Crippen LogP contribution in [0, 0.1) is 11.8 Å². The Balaban J connectivity index is 2.35. The molecule has 1 atom stereocenters. The molecule has 0 spiro atoms. The number of piperidine rings is 1. The summed E-state index contributed by atoms with van der Waals surface area (Å²) in [5, 5.41) is 16.1. The highest BCUT2D eigenvalue weighted by atomic mass is 16.5. The summed E-state index contributed by atoms with van der Waals surface area (Å²) >= 11 is 0. The van der Waals surface area contributed by atoms with E-state index in [-0.39, 0.29) is 6.61 Å². The van der Waals surface area contributed by atoms with E-state index in [1.807, 2.05) is 0 Å². The van der Waals surface area contributed by atoms with Crippen molar-refractivity contribution in [2.24, 2.45) is 16.8 Å². The molecule has 1 fully saturated rings. The Morgan fingerprint density at radius 2 is 2.00 bits per heavy atom. The molecule has 1 heterocycles. The Labute approximate surface area is 154 Å². The molecule has 0 aliphatic carbocycles. The molecule has 1 saturated heterocycles. The lowest BCUT2D eigenvalue weighted by atomic mass is 9.97. The van der Waals surface area contributed by atoms with E-state index in [4.69, 9.17) is 9.73 Å². The van der Waals surface area contributed by atoms with E-state index in [0.29, 0.717) is 11.8 Å². The number of aliphatic hydroxyl groups excluding tert-OH is 1. The van der Waals surface area contributed by atoms with Crippen molar-refractivity contribution in [2.45, 2.75) is 46.0 Å². The summed E-state index contributed by atoms with van der Waals surface area (Å²) in [5.74, 6) is 2.12. The van der Waals surface area contributed by atoms with Gasteiger partial charge in [-0.15, -0.1) is 0 Å². The summed E-state index contributed by atoms with van der Waals surface area (Å²) in [6, 6.07) is 0. The summed E-state index contributed by atoms with van der Waals surface area (Å²) in [7, 11) is 1.77. The fraction of sp³-hybridized carbons (Fsp3) is 0.947. The fourth-order valence-corrected chi connectivity index (χ4v) is 3.36. The molecule has 0 aromatic rings. The second-order valence-electron chi connectivity index (χ2n) is 7.05. The number of likely N-dealkylation sites (tertiary alicyclic amines) is 1. The van der Waals surface area contributed by atoms with E-state index < -0.39 is 0 Å². The van der Waals surface area contributed by atoms with E-state index in [1.165, 1.54) is 25.9 Å². The third kappa shape index (κ3) is 10.0. The van der Waals surface area contributed by atoms with Crippen LogP contribution in [0.3, 0.4) is 0 Å². The third-order valence-electron chi connectivity index (χ3n) is 4.96. The molecule has 0 bridgehead atoms. The predicted molar refractivity (Wildman–Crippen MR) is 105 cm³/mol. The Bertz CT molecular complexity index is 338. The van der Waals surface area contributed by atoms with Gasteiger partial charge in [-0.3, -0.25) is 4.99 Å². The Hall–Kier alpha value is -0.850. The first kappa shape index (κ1) is 22.2. The van der Waals surface area contributed by atoms with Crippen LogP contribution in [0.15, 0.2) is 4.99 Å². The van der Waals surface area contributed by atoms with Crippen molar-refractivity contribution in [1.29, 1.82) is 0 Å². The second-order valence-corrected chi connectivity index (χ2v) is 7.05. The average molecular weight is 357 g/mol. The van der Waals surface area contributed by atoms with E-state index >= 15 is 0 Å². The lowest BCUT2D eigenvalue weighted by Crippen LogP contribution is -2.43. The molecule has 0 radical (unpaired) electrons. The number of aliphatic imine (C=N–C) groups is 1. The monoisotopic (exact) mass is 356 g/mol. The molecule has 0 aromatic heterocycles. The highest BCUT2D eigenvalue weighted by Gasteiger charge is 2.19. The summed E-state index contributed by atoms with van der Waals surface area (Å²) in [6.45, 7) is 11.4. The van der Waals surface area contributed by atoms with Gasteiger partial charge in [-0.05, 0) is 57.5 Å². The van der Waals surface area contributed by atoms with Crippen molar-refractivity contribution < 1.29 is 9.84 Å². The van der Waals surface area contributed by atoms with Crippen LogP contribution in [0.5, 0.6) is 0 Å². The van der Waals surface area contributed by atoms with Gasteiger partial charge < -0.3 is 25.4 Å². The maximum atomic E-state index is 9.19. The molecule has 1 rings (SSSR count). The molecule has 6 nitrogen and oxygen atoms in total. The predicted octanol–water partition coefficient (Wildman–Crippen LogP) is 1.70. The molecule has 6 heteroatoms. The van der Waals surface area contributed by atoms with E-state index in [1.54, 1.807) is 7.11 Å². The fourth-order valence-electron chi connectivity index (χ4n) is 3.36. The Kier molecular flexibility index (Phi) is 12.7. The van der Waals surface area contributed by atoms with E-state index in [2.05, 4.69) is 29.4 Å². The van der Waals surface area contributed by atoms with Crippen LogP contribution in [0.2, 0.25) is 0 Å². The van der Waals surface area contributed by atoms with Crippen molar-refractivity contribution >= 4 is 5.96 Å². The van der Waals surface area contributed by atoms with Gasteiger partial charge in [-0.2, -0.15) is 0 Å². The van der Waals surface area contributed by atoms with Crippen LogP contribution in [-0.4, -0.2) is 75.6 Å². The molecule has 0 amide bonds. The van der Waals surface area contributed by atoms with Gasteiger partial charge in [0.15, 0.2) is 5.96 Å². The standard InChI is InChI=1S/C19H40N4O2/c1-4-6-17(9-13-24)15-21-19(20-5-2)22-16-18-7-10-23(11-8-18)12-14-25-3/h17-18,24H,4-16H2,1-3H3,(H2,20,21,22).